The van der Waals surface area contributed by atoms with E-state index in [1.807, 2.05) is 0 Å². The van der Waals surface area contributed by atoms with Crippen LogP contribution in [-0.2, 0) is 18.4 Å². The summed E-state index contributed by atoms with van der Waals surface area (Å²) in [5.41, 5.74) is 0. The van der Waals surface area contributed by atoms with Crippen molar-refractivity contribution in [3.63, 3.8) is 0 Å². The molecule has 8 unspecified atom stereocenters. The average molecular weight is 878 g/mol. The molecule has 9 N–H and O–H groups in total. The Hall–Kier alpha value is -1.22. The van der Waals surface area contributed by atoms with E-state index in [9.17, 15) is 50.0 Å². The fourth-order valence-electron chi connectivity index (χ4n) is 7.63. The maximum absolute atomic E-state index is 13.0. The molecule has 0 heterocycles. The van der Waals surface area contributed by atoms with Crippen LogP contribution in [0.5, 0.6) is 0 Å². The predicted octanol–water partition coefficient (Wildman–Crippen LogP) is 7.98. The van der Waals surface area contributed by atoms with E-state index in [2.05, 4.69) is 43.5 Å². The van der Waals surface area contributed by atoms with Crippen LogP contribution in [0.4, 0.5) is 0 Å². The van der Waals surface area contributed by atoms with Crippen LogP contribution >= 0.6 is 7.82 Å². The summed E-state index contributed by atoms with van der Waals surface area (Å²) in [6.45, 7) is 3.75. The van der Waals surface area contributed by atoms with E-state index in [-0.39, 0.29) is 12.8 Å². The van der Waals surface area contributed by atoms with Gasteiger partial charge in [-0.15, -0.1) is 0 Å². The second kappa shape index (κ2) is 36.2. The number of carbonyl (C=O) groups is 1. The number of aliphatic hydroxyl groups excluding tert-OH is 7. The normalized spacial score (nSPS) is 23.6. The highest BCUT2D eigenvalue weighted by Gasteiger charge is 2.51. The van der Waals surface area contributed by atoms with Crippen LogP contribution in [-0.4, -0.2) is 108 Å². The third-order valence-electron chi connectivity index (χ3n) is 11.6. The van der Waals surface area contributed by atoms with E-state index in [0.717, 1.165) is 70.6 Å². The van der Waals surface area contributed by atoms with Crippen LogP contribution < -0.4 is 5.32 Å². The van der Waals surface area contributed by atoms with Gasteiger partial charge in [-0.3, -0.25) is 13.8 Å². The van der Waals surface area contributed by atoms with Gasteiger partial charge >= 0.3 is 7.82 Å². The number of allylic oxidation sites excluding steroid dienone is 4. The molecule has 0 spiro atoms. The lowest BCUT2D eigenvalue weighted by molar-refractivity contribution is -0.220. The molecule has 354 valence electrons. The van der Waals surface area contributed by atoms with Crippen LogP contribution in [0.1, 0.15) is 200 Å². The van der Waals surface area contributed by atoms with Crippen molar-refractivity contribution in [2.45, 2.75) is 255 Å². The molecule has 8 atom stereocenters. The Morgan fingerprint density at radius 1 is 0.583 bits per heavy atom. The molecule has 0 aromatic rings. The molecule has 1 saturated carbocycles. The number of phosphoric ester groups is 1. The van der Waals surface area contributed by atoms with Gasteiger partial charge in [0.1, 0.15) is 36.6 Å². The summed E-state index contributed by atoms with van der Waals surface area (Å²) in [7, 11) is -5.11. The Bertz CT molecular complexity index is 1130. The zero-order valence-corrected chi connectivity index (χ0v) is 38.3. The number of aliphatic hydroxyl groups is 7. The molecule has 14 heteroatoms. The maximum atomic E-state index is 13.0. The Kier molecular flexibility index (Phi) is 34.2. The Balaban J connectivity index is 2.42. The highest BCUT2D eigenvalue weighted by molar-refractivity contribution is 7.47. The van der Waals surface area contributed by atoms with Crippen molar-refractivity contribution in [1.29, 1.82) is 0 Å². The van der Waals surface area contributed by atoms with Crippen molar-refractivity contribution in [1.82, 2.24) is 5.32 Å². The zero-order valence-electron chi connectivity index (χ0n) is 37.4. The number of nitrogens with one attached hydrogen (secondary N) is 1. The van der Waals surface area contributed by atoms with Gasteiger partial charge in [-0.25, -0.2) is 4.57 Å². The molecule has 0 radical (unpaired) electrons. The molecule has 1 aliphatic carbocycles. The number of rotatable bonds is 39. The van der Waals surface area contributed by atoms with Gasteiger partial charge in [0.25, 0.3) is 0 Å². The number of hydrogen-bond acceptors (Lipinski definition) is 11. The zero-order chi connectivity index (χ0) is 44.4. The lowest BCUT2D eigenvalue weighted by Gasteiger charge is -2.41. The second-order valence-corrected chi connectivity index (χ2v) is 18.6. The summed E-state index contributed by atoms with van der Waals surface area (Å²) in [6, 6.07) is -1.16. The van der Waals surface area contributed by atoms with Crippen molar-refractivity contribution in [3.05, 3.63) is 24.3 Å². The number of hydrogen-bond donors (Lipinski definition) is 9. The van der Waals surface area contributed by atoms with Gasteiger partial charge in [0.2, 0.25) is 5.91 Å². The smallest absolute Gasteiger partial charge is 0.393 e. The molecule has 0 aromatic carbocycles. The van der Waals surface area contributed by atoms with Crippen molar-refractivity contribution >= 4 is 13.7 Å². The van der Waals surface area contributed by atoms with E-state index in [0.29, 0.717) is 12.8 Å². The number of carbonyl (C=O) groups excluding carboxylic acids is 1. The Morgan fingerprint density at radius 3 is 1.45 bits per heavy atom. The van der Waals surface area contributed by atoms with Crippen LogP contribution in [0, 0.1) is 0 Å². The fourth-order valence-corrected chi connectivity index (χ4v) is 8.60. The van der Waals surface area contributed by atoms with E-state index < -0.39 is 75.2 Å². The molecular weight excluding hydrogens is 789 g/mol. The van der Waals surface area contributed by atoms with Crippen molar-refractivity contribution in [3.8, 4) is 0 Å². The highest BCUT2D eigenvalue weighted by Crippen LogP contribution is 2.47. The van der Waals surface area contributed by atoms with Gasteiger partial charge in [0, 0.05) is 0 Å². The first-order valence-electron chi connectivity index (χ1n) is 23.9. The summed E-state index contributed by atoms with van der Waals surface area (Å²) in [6.07, 6.45) is 25.4. The fraction of sp³-hybridized carbons (Fsp3) is 0.891. The Labute approximate surface area is 363 Å². The molecule has 1 fully saturated rings. The number of phosphoric acid groups is 1. The van der Waals surface area contributed by atoms with Gasteiger partial charge in [-0.05, 0) is 44.9 Å². The molecule has 0 saturated heterocycles. The number of unbranched alkanes of at least 4 members (excludes halogenated alkanes) is 22. The van der Waals surface area contributed by atoms with Gasteiger partial charge in [0.15, 0.2) is 0 Å². The van der Waals surface area contributed by atoms with Gasteiger partial charge in [-0.1, -0.05) is 173 Å². The first-order chi connectivity index (χ1) is 28.8. The lowest BCUT2D eigenvalue weighted by Crippen LogP contribution is -2.64. The summed E-state index contributed by atoms with van der Waals surface area (Å²) in [4.78, 5) is 23.4. The van der Waals surface area contributed by atoms with E-state index >= 15 is 0 Å². The van der Waals surface area contributed by atoms with Gasteiger partial charge < -0.3 is 46.0 Å². The minimum absolute atomic E-state index is 0.231. The summed E-state index contributed by atoms with van der Waals surface area (Å²) in [5.74, 6) is -0.570. The SMILES string of the molecule is CCCCCCCCCCC/C=C\C/C=C\CCCCCCCC(O)CC(=O)NC(COP(=O)(O)OC1C(O)C(O)C(O)C(O)C1O)C(O)CCCCCCCCCCC. The minimum atomic E-state index is -5.11. The highest BCUT2D eigenvalue weighted by atomic mass is 31.2. The molecular formula is C46H88NO12P. The third kappa shape index (κ3) is 27.8. The quantitative estimate of drug-likeness (QED) is 0.0163. The van der Waals surface area contributed by atoms with Crippen LogP contribution in [0.25, 0.3) is 0 Å². The maximum Gasteiger partial charge on any atom is 0.472 e. The summed E-state index contributed by atoms with van der Waals surface area (Å²) < 4.78 is 22.9. The molecule has 0 aromatic heterocycles. The summed E-state index contributed by atoms with van der Waals surface area (Å²) in [5, 5.41) is 74.4. The first-order valence-corrected chi connectivity index (χ1v) is 25.4. The predicted molar refractivity (Wildman–Crippen MR) is 238 cm³/mol. The third-order valence-corrected chi connectivity index (χ3v) is 12.6. The lowest BCUT2D eigenvalue weighted by atomic mass is 9.85. The molecule has 0 aliphatic heterocycles. The average Bonchev–Trinajstić information content (AvgIpc) is 3.22. The molecule has 1 amide bonds. The van der Waals surface area contributed by atoms with Crippen LogP contribution in [0.2, 0.25) is 0 Å². The molecule has 13 nitrogen and oxygen atoms in total. The Morgan fingerprint density at radius 2 is 0.983 bits per heavy atom. The monoisotopic (exact) mass is 878 g/mol. The van der Waals surface area contributed by atoms with Gasteiger partial charge in [0.05, 0.1) is 31.3 Å². The van der Waals surface area contributed by atoms with E-state index in [1.165, 1.54) is 89.9 Å². The molecule has 1 aliphatic rings. The largest absolute Gasteiger partial charge is 0.472 e. The minimum Gasteiger partial charge on any atom is -0.393 e. The van der Waals surface area contributed by atoms with Crippen LogP contribution in [0.3, 0.4) is 0 Å². The molecule has 60 heavy (non-hydrogen) atoms. The van der Waals surface area contributed by atoms with Crippen molar-refractivity contribution in [2.75, 3.05) is 6.61 Å². The van der Waals surface area contributed by atoms with E-state index in [4.69, 9.17) is 9.05 Å². The standard InChI is InChI=1S/C46H88NO12P/c1-3-5-7-9-11-13-14-15-16-17-18-19-20-21-22-23-24-26-27-29-31-33-37(48)35-40(50)47-38(39(49)34-32-30-28-25-12-10-8-6-4-2)36-58-60(56,57)59-46-44(54)42(52)41(51)43(53)45(46)55/h18-19,21-22,37-39,41-46,48-49,51-55H,3-17,20,23-36H2,1-2H3,(H,47,50)(H,56,57)/b19-18-,22-21-. The summed E-state index contributed by atoms with van der Waals surface area (Å²) >= 11 is 0. The van der Waals surface area contributed by atoms with Crippen molar-refractivity contribution in [2.24, 2.45) is 0 Å². The van der Waals surface area contributed by atoms with Crippen LogP contribution in [0.15, 0.2) is 24.3 Å². The number of amides is 1. The first kappa shape index (κ1) is 56.8. The molecule has 0 bridgehead atoms. The molecule has 1 rings (SSSR count). The topological polar surface area (TPSA) is 226 Å². The van der Waals surface area contributed by atoms with E-state index in [1.54, 1.807) is 0 Å². The van der Waals surface area contributed by atoms with Crippen molar-refractivity contribution < 1.29 is 59.0 Å². The second-order valence-electron chi connectivity index (χ2n) is 17.1. The van der Waals surface area contributed by atoms with Gasteiger partial charge in [-0.2, -0.15) is 0 Å².